The molecule has 0 fully saturated rings. The average molecular weight is 296 g/mol. The van der Waals surface area contributed by atoms with Gasteiger partial charge in [-0.25, -0.2) is 9.67 Å². The van der Waals surface area contributed by atoms with Gasteiger partial charge >= 0.3 is 0 Å². The van der Waals surface area contributed by atoms with Crippen molar-refractivity contribution in [1.29, 1.82) is 0 Å². The van der Waals surface area contributed by atoms with Gasteiger partial charge in [0.1, 0.15) is 0 Å². The zero-order valence-electron chi connectivity index (χ0n) is 9.98. The molecule has 0 aromatic carbocycles. The number of aliphatic hydroxyl groups excluding tert-OH is 1. The van der Waals surface area contributed by atoms with Crippen molar-refractivity contribution in [3.63, 3.8) is 0 Å². The Morgan fingerprint density at radius 1 is 1.35 bits per heavy atom. The predicted molar refractivity (Wildman–Crippen MR) is 69.2 cm³/mol. The highest BCUT2D eigenvalue weighted by Gasteiger charge is 2.11. The van der Waals surface area contributed by atoms with Crippen molar-refractivity contribution in [3.8, 4) is 5.82 Å². The first-order chi connectivity index (χ1) is 8.00. The summed E-state index contributed by atoms with van der Waals surface area (Å²) in [6.45, 7) is 5.64. The van der Waals surface area contributed by atoms with Crippen LogP contribution in [-0.2, 0) is 0 Å². The Morgan fingerprint density at radius 3 is 2.47 bits per heavy atom. The molecule has 17 heavy (non-hydrogen) atoms. The zero-order chi connectivity index (χ0) is 12.6. The summed E-state index contributed by atoms with van der Waals surface area (Å²) in [4.78, 5) is 4.31. The van der Waals surface area contributed by atoms with Crippen LogP contribution in [0.2, 0.25) is 0 Å². The third kappa shape index (κ3) is 2.25. The maximum Gasteiger partial charge on any atom is 0.153 e. The van der Waals surface area contributed by atoms with Gasteiger partial charge in [-0.1, -0.05) is 6.07 Å². The SMILES string of the molecule is Cc1nn(-c2ccc([C@@H](C)O)cn2)c(C)c1Br. The highest BCUT2D eigenvalue weighted by atomic mass is 79.9. The third-order valence-corrected chi connectivity index (χ3v) is 3.82. The summed E-state index contributed by atoms with van der Waals surface area (Å²) in [5.74, 6) is 0.751. The lowest BCUT2D eigenvalue weighted by molar-refractivity contribution is 0.199. The number of aliphatic hydroxyl groups is 1. The van der Waals surface area contributed by atoms with Crippen LogP contribution in [0.5, 0.6) is 0 Å². The molecule has 0 saturated heterocycles. The van der Waals surface area contributed by atoms with E-state index < -0.39 is 6.10 Å². The van der Waals surface area contributed by atoms with Crippen LogP contribution in [0.25, 0.3) is 5.82 Å². The van der Waals surface area contributed by atoms with Crippen LogP contribution in [0.4, 0.5) is 0 Å². The van der Waals surface area contributed by atoms with Crippen molar-refractivity contribution < 1.29 is 5.11 Å². The second-order valence-electron chi connectivity index (χ2n) is 4.02. The third-order valence-electron chi connectivity index (χ3n) is 2.67. The number of hydrogen-bond acceptors (Lipinski definition) is 3. The van der Waals surface area contributed by atoms with Crippen LogP contribution >= 0.6 is 15.9 Å². The van der Waals surface area contributed by atoms with E-state index in [0.29, 0.717) is 0 Å². The first kappa shape index (κ1) is 12.3. The first-order valence-corrected chi connectivity index (χ1v) is 6.16. The highest BCUT2D eigenvalue weighted by Crippen LogP contribution is 2.22. The minimum atomic E-state index is -0.497. The maximum absolute atomic E-state index is 9.42. The monoisotopic (exact) mass is 295 g/mol. The van der Waals surface area contributed by atoms with Crippen molar-refractivity contribution in [2.45, 2.75) is 26.9 Å². The number of aromatic nitrogens is 3. The molecule has 0 aliphatic rings. The molecule has 5 heteroatoms. The smallest absolute Gasteiger partial charge is 0.153 e. The van der Waals surface area contributed by atoms with Crippen molar-refractivity contribution in [2.75, 3.05) is 0 Å². The van der Waals surface area contributed by atoms with Crippen molar-refractivity contribution in [1.82, 2.24) is 14.8 Å². The Kier molecular flexibility index (Phi) is 3.31. The largest absolute Gasteiger partial charge is 0.389 e. The molecule has 0 bridgehead atoms. The number of hydrogen-bond donors (Lipinski definition) is 1. The van der Waals surface area contributed by atoms with Crippen LogP contribution in [0.1, 0.15) is 30.0 Å². The fraction of sp³-hybridized carbons (Fsp3) is 0.333. The summed E-state index contributed by atoms with van der Waals surface area (Å²) >= 11 is 3.48. The number of rotatable bonds is 2. The van der Waals surface area contributed by atoms with Crippen LogP contribution in [0.15, 0.2) is 22.8 Å². The van der Waals surface area contributed by atoms with Gasteiger partial charge < -0.3 is 5.11 Å². The first-order valence-electron chi connectivity index (χ1n) is 5.37. The standard InChI is InChI=1S/C12H14BrN3O/c1-7-12(13)8(2)16(15-7)11-5-4-10(6-14-11)9(3)17/h4-6,9,17H,1-3H3/t9-/m1/s1. The second-order valence-corrected chi connectivity index (χ2v) is 4.82. The molecule has 0 aliphatic heterocycles. The molecule has 2 aromatic heterocycles. The normalized spacial score (nSPS) is 12.8. The summed E-state index contributed by atoms with van der Waals surface area (Å²) in [6.07, 6.45) is 1.17. The molecule has 0 amide bonds. The molecule has 0 saturated carbocycles. The zero-order valence-corrected chi connectivity index (χ0v) is 11.6. The molecule has 0 unspecified atom stereocenters. The Morgan fingerprint density at radius 2 is 2.06 bits per heavy atom. The molecule has 2 rings (SSSR count). The van der Waals surface area contributed by atoms with Crippen LogP contribution in [-0.4, -0.2) is 19.9 Å². The van der Waals surface area contributed by atoms with Crippen LogP contribution < -0.4 is 0 Å². The molecular formula is C12H14BrN3O. The lowest BCUT2D eigenvalue weighted by Gasteiger charge is -2.06. The van der Waals surface area contributed by atoms with Gasteiger partial charge in [0, 0.05) is 6.20 Å². The van der Waals surface area contributed by atoms with E-state index in [9.17, 15) is 5.11 Å². The van der Waals surface area contributed by atoms with E-state index in [0.717, 1.165) is 27.2 Å². The molecule has 4 nitrogen and oxygen atoms in total. The summed E-state index contributed by atoms with van der Waals surface area (Å²) in [6, 6.07) is 3.71. The van der Waals surface area contributed by atoms with E-state index in [2.05, 4.69) is 26.0 Å². The Labute approximate surface area is 108 Å². The molecule has 0 radical (unpaired) electrons. The molecular weight excluding hydrogens is 282 g/mol. The van der Waals surface area contributed by atoms with Gasteiger partial charge in [0.05, 0.1) is 22.0 Å². The topological polar surface area (TPSA) is 50.9 Å². The van der Waals surface area contributed by atoms with Crippen molar-refractivity contribution >= 4 is 15.9 Å². The minimum absolute atomic E-state index is 0.497. The Hall–Kier alpha value is -1.20. The summed E-state index contributed by atoms with van der Waals surface area (Å²) in [5.41, 5.74) is 2.75. The molecule has 1 atom stereocenters. The van der Waals surface area contributed by atoms with Gasteiger partial charge in [-0.05, 0) is 48.3 Å². The number of pyridine rings is 1. The average Bonchev–Trinajstić information content (AvgIpc) is 2.57. The molecule has 2 aromatic rings. The molecule has 1 N–H and O–H groups in total. The van der Waals surface area contributed by atoms with E-state index in [4.69, 9.17) is 0 Å². The Bertz CT molecular complexity index is 531. The van der Waals surface area contributed by atoms with Crippen LogP contribution in [0, 0.1) is 13.8 Å². The quantitative estimate of drug-likeness (QED) is 0.927. The molecule has 2 heterocycles. The fourth-order valence-electron chi connectivity index (χ4n) is 1.62. The summed E-state index contributed by atoms with van der Waals surface area (Å²) < 4.78 is 2.78. The number of nitrogens with zero attached hydrogens (tertiary/aromatic N) is 3. The van der Waals surface area contributed by atoms with E-state index in [-0.39, 0.29) is 0 Å². The van der Waals surface area contributed by atoms with Gasteiger partial charge in [-0.2, -0.15) is 5.10 Å². The molecule has 0 aliphatic carbocycles. The highest BCUT2D eigenvalue weighted by molar-refractivity contribution is 9.10. The van der Waals surface area contributed by atoms with Crippen molar-refractivity contribution in [2.24, 2.45) is 0 Å². The molecule has 0 spiro atoms. The Balaban J connectivity index is 2.43. The van der Waals surface area contributed by atoms with E-state index >= 15 is 0 Å². The lowest BCUT2D eigenvalue weighted by Crippen LogP contribution is -2.03. The van der Waals surface area contributed by atoms with E-state index in [1.54, 1.807) is 17.8 Å². The van der Waals surface area contributed by atoms with Crippen molar-refractivity contribution in [3.05, 3.63) is 39.8 Å². The summed E-state index contributed by atoms with van der Waals surface area (Å²) in [5, 5.41) is 13.8. The van der Waals surface area contributed by atoms with Gasteiger partial charge in [0.15, 0.2) is 5.82 Å². The van der Waals surface area contributed by atoms with E-state index in [1.165, 1.54) is 0 Å². The van der Waals surface area contributed by atoms with Gasteiger partial charge in [0.2, 0.25) is 0 Å². The lowest BCUT2D eigenvalue weighted by atomic mass is 10.2. The van der Waals surface area contributed by atoms with Gasteiger partial charge in [0.25, 0.3) is 0 Å². The van der Waals surface area contributed by atoms with E-state index in [1.807, 2.05) is 26.0 Å². The second kappa shape index (κ2) is 4.58. The molecule has 90 valence electrons. The van der Waals surface area contributed by atoms with Crippen LogP contribution in [0.3, 0.4) is 0 Å². The predicted octanol–water partition coefficient (Wildman–Crippen LogP) is 2.70. The maximum atomic E-state index is 9.42. The fourth-order valence-corrected chi connectivity index (χ4v) is 1.86. The minimum Gasteiger partial charge on any atom is -0.389 e. The van der Waals surface area contributed by atoms with Gasteiger partial charge in [-0.15, -0.1) is 0 Å². The number of halogens is 1. The summed E-state index contributed by atoms with van der Waals surface area (Å²) in [7, 11) is 0. The number of aryl methyl sites for hydroxylation is 1. The van der Waals surface area contributed by atoms with Gasteiger partial charge in [-0.3, -0.25) is 0 Å².